The smallest absolute Gasteiger partial charge is 0.315 e. The molecule has 1 heterocycles. The van der Waals surface area contributed by atoms with Crippen LogP contribution in [0.4, 0.5) is 14.9 Å². The highest BCUT2D eigenvalue weighted by molar-refractivity contribution is 6.02. The minimum atomic E-state index is -0.744. The van der Waals surface area contributed by atoms with Gasteiger partial charge in [0.05, 0.1) is 24.1 Å². The lowest BCUT2D eigenvalue weighted by Crippen LogP contribution is -2.41. The van der Waals surface area contributed by atoms with Crippen LogP contribution in [-0.2, 0) is 22.7 Å². The molecule has 1 aliphatic rings. The van der Waals surface area contributed by atoms with Crippen LogP contribution >= 0.6 is 0 Å². The first kappa shape index (κ1) is 27.6. The summed E-state index contributed by atoms with van der Waals surface area (Å²) in [6.45, 7) is 4.85. The molecule has 0 spiro atoms. The molecule has 39 heavy (non-hydrogen) atoms. The van der Waals surface area contributed by atoms with Crippen LogP contribution in [0.2, 0.25) is 0 Å². The monoisotopic (exact) mass is 528 g/mol. The number of nitrogens with two attached hydrogens (primary N) is 1. The average molecular weight is 529 g/mol. The van der Waals surface area contributed by atoms with Crippen molar-refractivity contribution in [2.24, 2.45) is 17.6 Å². The fraction of sp³-hybridized carbons (Fsp3) is 0.258. The summed E-state index contributed by atoms with van der Waals surface area (Å²) >= 11 is 0. The molecule has 0 fully saturated rings. The third kappa shape index (κ3) is 6.34. The van der Waals surface area contributed by atoms with Crippen molar-refractivity contribution in [1.29, 1.82) is 0 Å². The Balaban J connectivity index is 1.61. The maximum atomic E-state index is 14.1. The molecular weight excluding hydrogens is 495 g/mol. The maximum Gasteiger partial charge on any atom is 0.315 e. The first-order valence-electron chi connectivity index (χ1n) is 13.1. The number of nitrogens with zero attached hydrogens (tertiary/aromatic N) is 1. The van der Waals surface area contributed by atoms with Crippen LogP contribution in [0.5, 0.6) is 0 Å². The van der Waals surface area contributed by atoms with Gasteiger partial charge in [0.1, 0.15) is 5.82 Å². The van der Waals surface area contributed by atoms with E-state index >= 15 is 0 Å². The molecule has 4 N–H and O–H groups in total. The summed E-state index contributed by atoms with van der Waals surface area (Å²) in [5.41, 5.74) is 10.6. The number of primary amides is 1. The van der Waals surface area contributed by atoms with Gasteiger partial charge in [-0.1, -0.05) is 67.6 Å². The Bertz CT molecular complexity index is 1390. The van der Waals surface area contributed by atoms with Gasteiger partial charge in [-0.2, -0.15) is 0 Å². The molecule has 1 unspecified atom stereocenters. The van der Waals surface area contributed by atoms with Gasteiger partial charge < -0.3 is 21.3 Å². The van der Waals surface area contributed by atoms with Crippen molar-refractivity contribution in [3.63, 3.8) is 0 Å². The number of amides is 4. The third-order valence-corrected chi connectivity index (χ3v) is 6.95. The summed E-state index contributed by atoms with van der Waals surface area (Å²) in [6.07, 6.45) is 3.77. The van der Waals surface area contributed by atoms with Gasteiger partial charge in [-0.25, -0.2) is 9.18 Å². The largest absolute Gasteiger partial charge is 0.369 e. The van der Waals surface area contributed by atoms with Gasteiger partial charge in [0.25, 0.3) is 0 Å². The number of fused-ring (bicyclic) bond motifs is 1. The van der Waals surface area contributed by atoms with Gasteiger partial charge in [0, 0.05) is 18.7 Å². The fourth-order valence-electron chi connectivity index (χ4n) is 4.92. The van der Waals surface area contributed by atoms with Gasteiger partial charge in [-0.15, -0.1) is 0 Å². The van der Waals surface area contributed by atoms with E-state index in [0.717, 1.165) is 22.3 Å². The number of hydrogen-bond acceptors (Lipinski definition) is 3. The number of rotatable bonds is 9. The second kappa shape index (κ2) is 12.4. The molecule has 0 aliphatic carbocycles. The number of hydrogen-bond donors (Lipinski definition) is 3. The van der Waals surface area contributed by atoms with E-state index in [-0.39, 0.29) is 18.5 Å². The number of benzene rings is 3. The van der Waals surface area contributed by atoms with Crippen molar-refractivity contribution in [1.82, 2.24) is 10.6 Å². The molecular formula is C31H33FN4O3. The van der Waals surface area contributed by atoms with Crippen molar-refractivity contribution < 1.29 is 18.8 Å². The highest BCUT2D eigenvalue weighted by Gasteiger charge is 2.35. The lowest BCUT2D eigenvalue weighted by Gasteiger charge is -2.28. The van der Waals surface area contributed by atoms with E-state index in [1.807, 2.05) is 62.4 Å². The molecule has 1 aliphatic heterocycles. The molecule has 0 radical (unpaired) electrons. The highest BCUT2D eigenvalue weighted by Crippen LogP contribution is 2.34. The fourth-order valence-corrected chi connectivity index (χ4v) is 4.92. The second-order valence-electron chi connectivity index (χ2n) is 9.50. The number of halogens is 1. The molecule has 4 rings (SSSR count). The van der Waals surface area contributed by atoms with E-state index in [1.54, 1.807) is 23.1 Å². The SMILES string of the molecule is CCNC(=O)NCc1ccccc1-c1ccc(CN2C(=O)[C@@H](C(CC)C(N)=O)C=Cc3cc(F)ccc32)cc1. The maximum absolute atomic E-state index is 14.1. The minimum absolute atomic E-state index is 0.223. The number of carbonyl (C=O) groups excluding carboxylic acids is 3. The Morgan fingerprint density at radius 1 is 1.03 bits per heavy atom. The standard InChI is InChI=1S/C31H33FN4O3/c1-3-25(29(33)37)27-15-13-22-17-24(32)14-16-28(22)36(30(27)38)19-20-9-11-21(12-10-20)26-8-6-5-7-23(26)18-35-31(39)34-4-2/h5-17,25,27H,3-4,18-19H2,1-2H3,(H2,33,37)(H2,34,35,39)/t25?,27-/m1/s1. The Labute approximate surface area is 227 Å². The topological polar surface area (TPSA) is 105 Å². The first-order chi connectivity index (χ1) is 18.8. The number of urea groups is 1. The summed E-state index contributed by atoms with van der Waals surface area (Å²) in [5.74, 6) is -2.61. The van der Waals surface area contributed by atoms with E-state index < -0.39 is 23.6 Å². The Hall–Kier alpha value is -4.46. The van der Waals surface area contributed by atoms with E-state index in [0.29, 0.717) is 30.8 Å². The minimum Gasteiger partial charge on any atom is -0.369 e. The van der Waals surface area contributed by atoms with E-state index in [2.05, 4.69) is 10.6 Å². The number of nitrogens with one attached hydrogen (secondary N) is 2. The van der Waals surface area contributed by atoms with Gasteiger partial charge >= 0.3 is 6.03 Å². The lowest BCUT2D eigenvalue weighted by atomic mass is 9.88. The molecule has 4 amide bonds. The van der Waals surface area contributed by atoms with E-state index in [9.17, 15) is 18.8 Å². The van der Waals surface area contributed by atoms with Gasteiger partial charge in [-0.3, -0.25) is 9.59 Å². The van der Waals surface area contributed by atoms with Crippen LogP contribution in [0.3, 0.4) is 0 Å². The second-order valence-corrected chi connectivity index (χ2v) is 9.50. The summed E-state index contributed by atoms with van der Waals surface area (Å²) in [7, 11) is 0. The molecule has 202 valence electrons. The third-order valence-electron chi connectivity index (χ3n) is 6.95. The highest BCUT2D eigenvalue weighted by atomic mass is 19.1. The Kier molecular flexibility index (Phi) is 8.76. The van der Waals surface area contributed by atoms with Crippen molar-refractivity contribution in [2.75, 3.05) is 11.4 Å². The van der Waals surface area contributed by atoms with Crippen LogP contribution in [0.1, 0.15) is 37.0 Å². The molecule has 0 saturated heterocycles. The number of anilines is 1. The average Bonchev–Trinajstić information content (AvgIpc) is 3.05. The van der Waals surface area contributed by atoms with Crippen LogP contribution in [0, 0.1) is 17.7 Å². The predicted octanol–water partition coefficient (Wildman–Crippen LogP) is 5.00. The van der Waals surface area contributed by atoms with Crippen LogP contribution in [0.25, 0.3) is 17.2 Å². The van der Waals surface area contributed by atoms with Crippen LogP contribution in [-0.4, -0.2) is 24.4 Å². The molecule has 0 saturated carbocycles. The van der Waals surface area contributed by atoms with Gasteiger partial charge in [0.15, 0.2) is 0 Å². The summed E-state index contributed by atoms with van der Waals surface area (Å²) in [5, 5.41) is 5.59. The van der Waals surface area contributed by atoms with Crippen molar-refractivity contribution in [3.8, 4) is 11.1 Å². The molecule has 7 nitrogen and oxygen atoms in total. The zero-order valence-corrected chi connectivity index (χ0v) is 22.1. The summed E-state index contributed by atoms with van der Waals surface area (Å²) < 4.78 is 14.1. The van der Waals surface area contributed by atoms with Gasteiger partial charge in [-0.05, 0) is 53.8 Å². The van der Waals surface area contributed by atoms with Crippen LogP contribution in [0.15, 0.2) is 72.8 Å². The van der Waals surface area contributed by atoms with Gasteiger partial charge in [0.2, 0.25) is 11.8 Å². The first-order valence-corrected chi connectivity index (χ1v) is 13.1. The Morgan fingerprint density at radius 3 is 2.46 bits per heavy atom. The Morgan fingerprint density at radius 2 is 1.77 bits per heavy atom. The predicted molar refractivity (Wildman–Crippen MR) is 151 cm³/mol. The van der Waals surface area contributed by atoms with E-state index in [4.69, 9.17) is 5.73 Å². The molecule has 2 atom stereocenters. The van der Waals surface area contributed by atoms with Crippen molar-refractivity contribution in [3.05, 3.63) is 95.3 Å². The van der Waals surface area contributed by atoms with Crippen molar-refractivity contribution in [2.45, 2.75) is 33.4 Å². The lowest BCUT2D eigenvalue weighted by molar-refractivity contribution is -0.130. The molecule has 3 aromatic rings. The molecule has 3 aromatic carbocycles. The molecule has 8 heteroatoms. The summed E-state index contributed by atoms with van der Waals surface area (Å²) in [4.78, 5) is 39.3. The zero-order valence-electron chi connectivity index (χ0n) is 22.1. The molecule has 0 bridgehead atoms. The number of carbonyl (C=O) groups is 3. The summed E-state index contributed by atoms with van der Waals surface area (Å²) in [6, 6.07) is 19.8. The zero-order chi connectivity index (χ0) is 27.9. The normalized spacial score (nSPS) is 15.3. The van der Waals surface area contributed by atoms with Crippen molar-refractivity contribution >= 4 is 29.6 Å². The molecule has 0 aromatic heterocycles. The van der Waals surface area contributed by atoms with Crippen LogP contribution < -0.4 is 21.3 Å². The van der Waals surface area contributed by atoms with E-state index in [1.165, 1.54) is 12.1 Å². The quantitative estimate of drug-likeness (QED) is 0.364.